The van der Waals surface area contributed by atoms with Crippen LogP contribution in [-0.2, 0) is 0 Å². The van der Waals surface area contributed by atoms with Gasteiger partial charge >= 0.3 is 6.03 Å². The minimum Gasteiger partial charge on any atom is -0.337 e. The van der Waals surface area contributed by atoms with Crippen LogP contribution in [0.1, 0.15) is 25.8 Å². The molecule has 7 heteroatoms. The van der Waals surface area contributed by atoms with Gasteiger partial charge in [0.15, 0.2) is 0 Å². The molecule has 0 spiro atoms. The fraction of sp³-hybridized carbons (Fsp3) is 0.182. The van der Waals surface area contributed by atoms with Gasteiger partial charge in [0.2, 0.25) is 11.7 Å². The van der Waals surface area contributed by atoms with Gasteiger partial charge in [0.1, 0.15) is 6.04 Å². The van der Waals surface area contributed by atoms with Gasteiger partial charge in [-0.3, -0.25) is 4.98 Å². The standard InChI is InChI=1S/C22H21N5O2/c1-14(2)19(21-26-20(27-29-21)16-10-12-23-13-11-16)25-22(28)24-18-9-5-7-15-6-3-4-8-17(15)18/h3-14,19H,1-2H3,(H2,24,25,28). The number of amides is 2. The normalized spacial score (nSPS) is 12.1. The van der Waals surface area contributed by atoms with Crippen LogP contribution in [0.3, 0.4) is 0 Å². The number of aromatic nitrogens is 3. The maximum atomic E-state index is 12.7. The number of pyridine rings is 1. The second-order valence-corrected chi connectivity index (χ2v) is 7.04. The van der Waals surface area contributed by atoms with Gasteiger partial charge in [0.25, 0.3) is 0 Å². The fourth-order valence-corrected chi connectivity index (χ4v) is 3.13. The Balaban J connectivity index is 1.53. The predicted molar refractivity (Wildman–Crippen MR) is 111 cm³/mol. The summed E-state index contributed by atoms with van der Waals surface area (Å²) in [6, 6.07) is 16.6. The molecule has 29 heavy (non-hydrogen) atoms. The molecule has 2 N–H and O–H groups in total. The molecule has 1 unspecified atom stereocenters. The first-order valence-corrected chi connectivity index (χ1v) is 9.41. The lowest BCUT2D eigenvalue weighted by Crippen LogP contribution is -2.35. The molecule has 0 bridgehead atoms. The topological polar surface area (TPSA) is 92.9 Å². The summed E-state index contributed by atoms with van der Waals surface area (Å²) < 4.78 is 5.44. The Kier molecular flexibility index (Phi) is 5.20. The number of benzene rings is 2. The third kappa shape index (κ3) is 4.08. The van der Waals surface area contributed by atoms with Crippen LogP contribution in [0.5, 0.6) is 0 Å². The quantitative estimate of drug-likeness (QED) is 0.513. The molecule has 2 heterocycles. The molecular formula is C22H21N5O2. The zero-order chi connectivity index (χ0) is 20.2. The lowest BCUT2D eigenvalue weighted by atomic mass is 10.0. The SMILES string of the molecule is CC(C)C(NC(=O)Nc1cccc2ccccc12)c1nc(-c2ccncc2)no1. The maximum Gasteiger partial charge on any atom is 0.319 e. The highest BCUT2D eigenvalue weighted by Gasteiger charge is 2.25. The van der Waals surface area contributed by atoms with E-state index in [0.29, 0.717) is 11.7 Å². The van der Waals surface area contributed by atoms with Crippen LogP contribution in [0, 0.1) is 5.92 Å². The molecule has 0 saturated heterocycles. The highest BCUT2D eigenvalue weighted by Crippen LogP contribution is 2.25. The third-order valence-electron chi connectivity index (χ3n) is 4.64. The number of carbonyl (C=O) groups excluding carboxylic acids is 1. The smallest absolute Gasteiger partial charge is 0.319 e. The van der Waals surface area contributed by atoms with Gasteiger partial charge < -0.3 is 15.2 Å². The van der Waals surface area contributed by atoms with Crippen LogP contribution in [0.2, 0.25) is 0 Å². The first-order chi connectivity index (χ1) is 14.1. The Morgan fingerprint density at radius 1 is 1.00 bits per heavy atom. The molecule has 0 radical (unpaired) electrons. The lowest BCUT2D eigenvalue weighted by Gasteiger charge is -2.19. The molecule has 1 atom stereocenters. The first kappa shape index (κ1) is 18.6. The largest absolute Gasteiger partial charge is 0.337 e. The number of rotatable bonds is 5. The average molecular weight is 387 g/mol. The Morgan fingerprint density at radius 2 is 1.76 bits per heavy atom. The second kappa shape index (κ2) is 8.10. The summed E-state index contributed by atoms with van der Waals surface area (Å²) in [5.74, 6) is 0.878. The molecule has 2 amide bonds. The van der Waals surface area contributed by atoms with Crippen molar-refractivity contribution in [1.29, 1.82) is 0 Å². The van der Waals surface area contributed by atoms with Gasteiger partial charge in [0, 0.05) is 23.3 Å². The van der Waals surface area contributed by atoms with E-state index in [1.54, 1.807) is 24.5 Å². The maximum absolute atomic E-state index is 12.7. The van der Waals surface area contributed by atoms with Gasteiger partial charge in [-0.05, 0) is 29.5 Å². The first-order valence-electron chi connectivity index (χ1n) is 9.41. The molecule has 0 saturated carbocycles. The number of urea groups is 1. The van der Waals surface area contributed by atoms with Crippen molar-refractivity contribution in [1.82, 2.24) is 20.4 Å². The van der Waals surface area contributed by atoms with Crippen molar-refractivity contribution < 1.29 is 9.32 Å². The predicted octanol–water partition coefficient (Wildman–Crippen LogP) is 4.80. The summed E-state index contributed by atoms with van der Waals surface area (Å²) in [6.45, 7) is 3.97. The molecule has 2 aromatic carbocycles. The molecular weight excluding hydrogens is 366 g/mol. The number of hydrogen-bond acceptors (Lipinski definition) is 5. The van der Waals surface area contributed by atoms with Crippen LogP contribution >= 0.6 is 0 Å². The fourth-order valence-electron chi connectivity index (χ4n) is 3.13. The number of hydrogen-bond donors (Lipinski definition) is 2. The zero-order valence-corrected chi connectivity index (χ0v) is 16.2. The van der Waals surface area contributed by atoms with Crippen molar-refractivity contribution in [2.75, 3.05) is 5.32 Å². The van der Waals surface area contributed by atoms with E-state index in [0.717, 1.165) is 22.0 Å². The summed E-state index contributed by atoms with van der Waals surface area (Å²) in [5.41, 5.74) is 1.55. The minimum absolute atomic E-state index is 0.0546. The van der Waals surface area contributed by atoms with Crippen molar-refractivity contribution in [3.8, 4) is 11.4 Å². The van der Waals surface area contributed by atoms with Crippen molar-refractivity contribution in [3.63, 3.8) is 0 Å². The van der Waals surface area contributed by atoms with E-state index in [9.17, 15) is 4.79 Å². The van der Waals surface area contributed by atoms with E-state index in [1.807, 2.05) is 56.3 Å². The summed E-state index contributed by atoms with van der Waals surface area (Å²) in [4.78, 5) is 21.2. The van der Waals surface area contributed by atoms with Crippen molar-refractivity contribution >= 4 is 22.5 Å². The van der Waals surface area contributed by atoms with E-state index >= 15 is 0 Å². The summed E-state index contributed by atoms with van der Waals surface area (Å²) in [5, 5.41) is 12.0. The Labute approximate surface area is 168 Å². The Morgan fingerprint density at radius 3 is 2.55 bits per heavy atom. The zero-order valence-electron chi connectivity index (χ0n) is 16.2. The second-order valence-electron chi connectivity index (χ2n) is 7.04. The van der Waals surface area contributed by atoms with E-state index in [4.69, 9.17) is 4.52 Å². The van der Waals surface area contributed by atoms with Crippen molar-refractivity contribution in [2.45, 2.75) is 19.9 Å². The average Bonchev–Trinajstić information content (AvgIpc) is 3.22. The molecule has 2 aromatic heterocycles. The van der Waals surface area contributed by atoms with E-state index in [1.165, 1.54) is 0 Å². The molecule has 146 valence electrons. The van der Waals surface area contributed by atoms with E-state index in [-0.39, 0.29) is 11.9 Å². The highest BCUT2D eigenvalue weighted by molar-refractivity contribution is 6.01. The molecule has 0 fully saturated rings. The minimum atomic E-state index is -0.423. The Hall–Kier alpha value is -3.74. The Bertz CT molecular complexity index is 1120. The van der Waals surface area contributed by atoms with Gasteiger partial charge in [-0.1, -0.05) is 55.4 Å². The molecule has 4 aromatic rings. The van der Waals surface area contributed by atoms with Crippen LogP contribution in [0.4, 0.5) is 10.5 Å². The van der Waals surface area contributed by atoms with E-state index in [2.05, 4.69) is 25.8 Å². The van der Waals surface area contributed by atoms with Crippen LogP contribution in [-0.4, -0.2) is 21.2 Å². The van der Waals surface area contributed by atoms with Crippen molar-refractivity contribution in [3.05, 3.63) is 72.9 Å². The van der Waals surface area contributed by atoms with Gasteiger partial charge in [0.05, 0.1) is 5.69 Å². The summed E-state index contributed by atoms with van der Waals surface area (Å²) in [6.07, 6.45) is 3.34. The molecule has 7 nitrogen and oxygen atoms in total. The number of anilines is 1. The number of nitrogens with one attached hydrogen (secondary N) is 2. The summed E-state index contributed by atoms with van der Waals surface area (Å²) >= 11 is 0. The molecule has 0 aliphatic carbocycles. The molecule has 0 aliphatic rings. The lowest BCUT2D eigenvalue weighted by molar-refractivity contribution is 0.236. The van der Waals surface area contributed by atoms with Crippen LogP contribution < -0.4 is 10.6 Å². The third-order valence-corrected chi connectivity index (χ3v) is 4.64. The van der Waals surface area contributed by atoms with Gasteiger partial charge in [-0.2, -0.15) is 4.98 Å². The van der Waals surface area contributed by atoms with Crippen LogP contribution in [0.25, 0.3) is 22.2 Å². The van der Waals surface area contributed by atoms with Gasteiger partial charge in [-0.15, -0.1) is 0 Å². The summed E-state index contributed by atoms with van der Waals surface area (Å²) in [7, 11) is 0. The highest BCUT2D eigenvalue weighted by atomic mass is 16.5. The monoisotopic (exact) mass is 387 g/mol. The molecule has 4 rings (SSSR count). The molecule has 0 aliphatic heterocycles. The van der Waals surface area contributed by atoms with Crippen molar-refractivity contribution in [2.24, 2.45) is 5.92 Å². The van der Waals surface area contributed by atoms with E-state index < -0.39 is 6.04 Å². The van der Waals surface area contributed by atoms with Crippen LogP contribution in [0.15, 0.2) is 71.5 Å². The number of nitrogens with zero attached hydrogens (tertiary/aromatic N) is 3. The number of carbonyl (C=O) groups is 1. The number of fused-ring (bicyclic) bond motifs is 1. The van der Waals surface area contributed by atoms with Gasteiger partial charge in [-0.25, -0.2) is 4.79 Å².